The van der Waals surface area contributed by atoms with E-state index < -0.39 is 11.8 Å². The van der Waals surface area contributed by atoms with Gasteiger partial charge in [0.25, 0.3) is 0 Å². The van der Waals surface area contributed by atoms with E-state index in [1.165, 1.54) is 31.0 Å². The van der Waals surface area contributed by atoms with Gasteiger partial charge in [0, 0.05) is 4.90 Å². The molecule has 0 N–H and O–H groups in total. The van der Waals surface area contributed by atoms with Crippen LogP contribution in [-0.4, -0.2) is 19.3 Å². The van der Waals surface area contributed by atoms with Crippen molar-refractivity contribution in [1.82, 2.24) is 0 Å². The van der Waals surface area contributed by atoms with Gasteiger partial charge in [0.2, 0.25) is 0 Å². The number of esters is 1. The molecule has 0 saturated heterocycles. The van der Waals surface area contributed by atoms with Crippen molar-refractivity contribution in [2.45, 2.75) is 4.90 Å². The molecule has 0 aliphatic rings. The average Bonchev–Trinajstić information content (AvgIpc) is 2.17. The molecule has 0 aromatic heterocycles. The first-order valence-electron chi connectivity index (χ1n) is 3.61. The Labute approximate surface area is 80.1 Å². The number of rotatable bonds is 2. The van der Waals surface area contributed by atoms with Crippen molar-refractivity contribution in [3.63, 3.8) is 0 Å². The molecule has 0 spiro atoms. The summed E-state index contributed by atoms with van der Waals surface area (Å²) in [6.45, 7) is 0. The van der Waals surface area contributed by atoms with Crippen molar-refractivity contribution < 1.29 is 13.9 Å². The number of hydrogen-bond acceptors (Lipinski definition) is 3. The highest BCUT2D eigenvalue weighted by Gasteiger charge is 2.11. The summed E-state index contributed by atoms with van der Waals surface area (Å²) < 4.78 is 17.5. The molecule has 0 saturated carbocycles. The third-order valence-electron chi connectivity index (χ3n) is 1.58. The fourth-order valence-electron chi connectivity index (χ4n) is 0.898. The Morgan fingerprint density at radius 3 is 2.77 bits per heavy atom. The second-order valence-electron chi connectivity index (χ2n) is 2.34. The van der Waals surface area contributed by atoms with Crippen LogP contribution in [0.15, 0.2) is 23.1 Å². The van der Waals surface area contributed by atoms with E-state index in [1.807, 2.05) is 6.26 Å². The predicted octanol–water partition coefficient (Wildman–Crippen LogP) is 2.33. The number of halogens is 1. The SMILES string of the molecule is COC(=O)c1cc(SC)ccc1F. The van der Waals surface area contributed by atoms with E-state index in [-0.39, 0.29) is 5.56 Å². The van der Waals surface area contributed by atoms with E-state index in [2.05, 4.69) is 4.74 Å². The van der Waals surface area contributed by atoms with Crippen molar-refractivity contribution in [2.75, 3.05) is 13.4 Å². The summed E-state index contributed by atoms with van der Waals surface area (Å²) in [5.74, 6) is -1.20. The molecule has 0 bridgehead atoms. The molecule has 4 heteroatoms. The molecular weight excluding hydrogens is 191 g/mol. The lowest BCUT2D eigenvalue weighted by Gasteiger charge is -2.02. The van der Waals surface area contributed by atoms with Crippen molar-refractivity contribution in [1.29, 1.82) is 0 Å². The van der Waals surface area contributed by atoms with E-state index in [0.717, 1.165) is 4.90 Å². The molecule has 0 heterocycles. The van der Waals surface area contributed by atoms with Gasteiger partial charge in [0.15, 0.2) is 0 Å². The average molecular weight is 200 g/mol. The van der Waals surface area contributed by atoms with Crippen LogP contribution in [0.5, 0.6) is 0 Å². The monoisotopic (exact) mass is 200 g/mol. The van der Waals surface area contributed by atoms with Crippen LogP contribution in [0.4, 0.5) is 4.39 Å². The summed E-state index contributed by atoms with van der Waals surface area (Å²) in [5.41, 5.74) is -0.0191. The Morgan fingerprint density at radius 2 is 2.23 bits per heavy atom. The molecule has 0 aliphatic carbocycles. The maximum absolute atomic E-state index is 13.0. The topological polar surface area (TPSA) is 26.3 Å². The van der Waals surface area contributed by atoms with Crippen LogP contribution in [0.1, 0.15) is 10.4 Å². The number of carbonyl (C=O) groups excluding carboxylic acids is 1. The number of ether oxygens (including phenoxy) is 1. The van der Waals surface area contributed by atoms with Gasteiger partial charge in [-0.05, 0) is 24.5 Å². The second-order valence-corrected chi connectivity index (χ2v) is 3.22. The summed E-state index contributed by atoms with van der Waals surface area (Å²) in [6.07, 6.45) is 1.86. The second kappa shape index (κ2) is 4.28. The molecule has 1 rings (SSSR count). The molecule has 0 unspecified atom stereocenters. The Hall–Kier alpha value is -1.03. The van der Waals surface area contributed by atoms with E-state index in [9.17, 15) is 9.18 Å². The van der Waals surface area contributed by atoms with Gasteiger partial charge in [-0.3, -0.25) is 0 Å². The maximum Gasteiger partial charge on any atom is 0.340 e. The van der Waals surface area contributed by atoms with Gasteiger partial charge in [-0.2, -0.15) is 0 Å². The van der Waals surface area contributed by atoms with Crippen molar-refractivity contribution in [3.8, 4) is 0 Å². The highest BCUT2D eigenvalue weighted by Crippen LogP contribution is 2.18. The van der Waals surface area contributed by atoms with Gasteiger partial charge >= 0.3 is 5.97 Å². The minimum atomic E-state index is -0.645. The quantitative estimate of drug-likeness (QED) is 0.541. The van der Waals surface area contributed by atoms with Crippen LogP contribution >= 0.6 is 11.8 Å². The molecule has 0 amide bonds. The van der Waals surface area contributed by atoms with E-state index >= 15 is 0 Å². The first-order valence-corrected chi connectivity index (χ1v) is 4.83. The maximum atomic E-state index is 13.0. The standard InChI is InChI=1S/C9H9FO2S/c1-12-9(11)7-5-6(13-2)3-4-8(7)10/h3-5H,1-2H3. The Bertz CT molecular complexity index is 325. The smallest absolute Gasteiger partial charge is 0.340 e. The van der Waals surface area contributed by atoms with Crippen LogP contribution < -0.4 is 0 Å². The largest absolute Gasteiger partial charge is 0.465 e. The Kier molecular flexibility index (Phi) is 3.31. The molecular formula is C9H9FO2S. The summed E-state index contributed by atoms with van der Waals surface area (Å²) in [5, 5.41) is 0. The predicted molar refractivity (Wildman–Crippen MR) is 49.5 cm³/mol. The molecule has 0 atom stereocenters. The lowest BCUT2D eigenvalue weighted by molar-refractivity contribution is 0.0595. The van der Waals surface area contributed by atoms with Crippen LogP contribution in [0.3, 0.4) is 0 Å². The van der Waals surface area contributed by atoms with Gasteiger partial charge in [0.05, 0.1) is 12.7 Å². The summed E-state index contributed by atoms with van der Waals surface area (Å²) in [6, 6.07) is 4.36. The van der Waals surface area contributed by atoms with Crippen molar-refractivity contribution in [3.05, 3.63) is 29.6 Å². The van der Waals surface area contributed by atoms with Gasteiger partial charge in [-0.15, -0.1) is 11.8 Å². The molecule has 0 aliphatic heterocycles. The van der Waals surface area contributed by atoms with Crippen LogP contribution in [0.2, 0.25) is 0 Å². The third kappa shape index (κ3) is 2.21. The summed E-state index contributed by atoms with van der Waals surface area (Å²) in [7, 11) is 1.23. The van der Waals surface area contributed by atoms with Crippen LogP contribution in [0.25, 0.3) is 0 Å². The molecule has 0 fully saturated rings. The fourth-order valence-corrected chi connectivity index (χ4v) is 1.34. The first kappa shape index (κ1) is 10.1. The molecule has 1 aromatic rings. The van der Waals surface area contributed by atoms with Gasteiger partial charge in [0.1, 0.15) is 5.82 Å². The zero-order valence-electron chi connectivity index (χ0n) is 7.33. The molecule has 13 heavy (non-hydrogen) atoms. The number of thioether (sulfide) groups is 1. The van der Waals surface area contributed by atoms with Crippen LogP contribution in [-0.2, 0) is 4.74 Å². The van der Waals surface area contributed by atoms with Gasteiger partial charge < -0.3 is 4.74 Å². The van der Waals surface area contributed by atoms with E-state index in [4.69, 9.17) is 0 Å². The molecule has 2 nitrogen and oxygen atoms in total. The highest BCUT2D eigenvalue weighted by atomic mass is 32.2. The molecule has 1 aromatic carbocycles. The highest BCUT2D eigenvalue weighted by molar-refractivity contribution is 7.98. The normalized spacial score (nSPS) is 9.77. The number of methoxy groups -OCH3 is 1. The van der Waals surface area contributed by atoms with Gasteiger partial charge in [-0.1, -0.05) is 0 Å². The minimum absolute atomic E-state index is 0.0191. The van der Waals surface area contributed by atoms with Gasteiger partial charge in [-0.25, -0.2) is 9.18 Å². The fraction of sp³-hybridized carbons (Fsp3) is 0.222. The molecule has 0 radical (unpaired) electrons. The number of benzene rings is 1. The van der Waals surface area contributed by atoms with E-state index in [0.29, 0.717) is 0 Å². The lowest BCUT2D eigenvalue weighted by Crippen LogP contribution is -2.04. The third-order valence-corrected chi connectivity index (χ3v) is 2.30. The number of hydrogen-bond donors (Lipinski definition) is 0. The van der Waals surface area contributed by atoms with Crippen LogP contribution in [0, 0.1) is 5.82 Å². The zero-order chi connectivity index (χ0) is 9.84. The number of carbonyl (C=O) groups is 1. The lowest BCUT2D eigenvalue weighted by atomic mass is 10.2. The Morgan fingerprint density at radius 1 is 1.54 bits per heavy atom. The summed E-state index contributed by atoms with van der Waals surface area (Å²) >= 11 is 1.45. The minimum Gasteiger partial charge on any atom is -0.465 e. The summed E-state index contributed by atoms with van der Waals surface area (Å²) in [4.78, 5) is 11.9. The molecule has 70 valence electrons. The Balaban J connectivity index is 3.11. The zero-order valence-corrected chi connectivity index (χ0v) is 8.15. The van der Waals surface area contributed by atoms with Crippen molar-refractivity contribution in [2.24, 2.45) is 0 Å². The first-order chi connectivity index (χ1) is 6.19. The van der Waals surface area contributed by atoms with E-state index in [1.54, 1.807) is 6.07 Å². The van der Waals surface area contributed by atoms with Crippen molar-refractivity contribution >= 4 is 17.7 Å².